The first-order chi connectivity index (χ1) is 11.2. The zero-order valence-corrected chi connectivity index (χ0v) is 15.7. The van der Waals surface area contributed by atoms with Crippen LogP contribution in [0.2, 0.25) is 5.02 Å². The van der Waals surface area contributed by atoms with Gasteiger partial charge in [-0.1, -0.05) is 18.5 Å². The number of thiazole rings is 1. The van der Waals surface area contributed by atoms with E-state index in [-0.39, 0.29) is 15.5 Å². The Morgan fingerprint density at radius 2 is 2.17 bits per heavy atom. The van der Waals surface area contributed by atoms with Gasteiger partial charge in [0.2, 0.25) is 0 Å². The predicted octanol–water partition coefficient (Wildman–Crippen LogP) is 3.58. The van der Waals surface area contributed by atoms with Crippen molar-refractivity contribution in [3.05, 3.63) is 39.4 Å². The summed E-state index contributed by atoms with van der Waals surface area (Å²) < 4.78 is 23.3. The molecule has 0 saturated heterocycles. The number of aryl methyl sites for hydroxylation is 1. The molecule has 1 amide bonds. The third-order valence-electron chi connectivity index (χ3n) is 4.02. The number of halogens is 1. The van der Waals surface area contributed by atoms with Crippen molar-refractivity contribution in [3.63, 3.8) is 0 Å². The third-order valence-corrected chi connectivity index (χ3v) is 6.49. The number of benzene rings is 1. The van der Waals surface area contributed by atoms with Gasteiger partial charge in [0.25, 0.3) is 5.91 Å². The molecule has 1 heterocycles. The van der Waals surface area contributed by atoms with Gasteiger partial charge in [-0.05, 0) is 43.4 Å². The Balaban J connectivity index is 1.85. The smallest absolute Gasteiger partial charge is 0.259 e. The molecule has 0 aliphatic heterocycles. The molecular formula is C16H17ClN2O3S2. The van der Waals surface area contributed by atoms with Crippen molar-refractivity contribution in [2.45, 2.75) is 31.1 Å². The fraction of sp³-hybridized carbons (Fsp3) is 0.375. The van der Waals surface area contributed by atoms with E-state index in [1.807, 2.05) is 0 Å². The molecule has 0 bridgehead atoms. The standard InChI is InChI=1S/C16H17ClN2O3S2/c1-9-3-6-13-14(7-9)23-16(18-13)19-15(20)11-8-10(24(2,21)22)4-5-12(11)17/h4-5,8-9H,3,6-7H2,1-2H3,(H,18,19,20). The second-order valence-corrected chi connectivity index (χ2v) is 9.61. The summed E-state index contributed by atoms with van der Waals surface area (Å²) in [6.45, 7) is 2.21. The number of aromatic nitrogens is 1. The Morgan fingerprint density at radius 1 is 1.42 bits per heavy atom. The summed E-state index contributed by atoms with van der Waals surface area (Å²) in [7, 11) is -3.41. The molecule has 1 aliphatic rings. The Bertz CT molecular complexity index is 906. The largest absolute Gasteiger partial charge is 0.298 e. The van der Waals surface area contributed by atoms with Gasteiger partial charge in [0.15, 0.2) is 15.0 Å². The number of carbonyl (C=O) groups is 1. The van der Waals surface area contributed by atoms with Gasteiger partial charge >= 0.3 is 0 Å². The van der Waals surface area contributed by atoms with E-state index in [2.05, 4.69) is 17.2 Å². The zero-order chi connectivity index (χ0) is 17.5. The SMILES string of the molecule is CC1CCc2nc(NC(=O)c3cc(S(C)(=O)=O)ccc3Cl)sc2C1. The molecule has 5 nitrogen and oxygen atoms in total. The lowest BCUT2D eigenvalue weighted by Gasteiger charge is -2.15. The normalized spacial score (nSPS) is 17.4. The van der Waals surface area contributed by atoms with Crippen molar-refractivity contribution < 1.29 is 13.2 Å². The lowest BCUT2D eigenvalue weighted by molar-refractivity contribution is 0.102. The van der Waals surface area contributed by atoms with E-state index >= 15 is 0 Å². The average Bonchev–Trinajstić information content (AvgIpc) is 2.87. The molecule has 24 heavy (non-hydrogen) atoms. The molecule has 0 spiro atoms. The highest BCUT2D eigenvalue weighted by molar-refractivity contribution is 7.90. The van der Waals surface area contributed by atoms with Gasteiger partial charge in [0.1, 0.15) is 0 Å². The van der Waals surface area contributed by atoms with E-state index in [4.69, 9.17) is 11.6 Å². The van der Waals surface area contributed by atoms with Crippen LogP contribution in [-0.2, 0) is 22.7 Å². The van der Waals surface area contributed by atoms with Crippen molar-refractivity contribution in [1.29, 1.82) is 0 Å². The summed E-state index contributed by atoms with van der Waals surface area (Å²) in [4.78, 5) is 18.2. The van der Waals surface area contributed by atoms with Crippen LogP contribution in [0.3, 0.4) is 0 Å². The van der Waals surface area contributed by atoms with E-state index in [0.717, 1.165) is 31.2 Å². The minimum atomic E-state index is -3.41. The Hall–Kier alpha value is -1.44. The van der Waals surface area contributed by atoms with Crippen LogP contribution in [0.1, 0.15) is 34.3 Å². The molecule has 1 aromatic carbocycles. The van der Waals surface area contributed by atoms with E-state index in [0.29, 0.717) is 11.0 Å². The van der Waals surface area contributed by atoms with Gasteiger partial charge in [0.05, 0.1) is 21.2 Å². The van der Waals surface area contributed by atoms with Crippen molar-refractivity contribution in [2.24, 2.45) is 5.92 Å². The number of rotatable bonds is 3. The third kappa shape index (κ3) is 3.63. The van der Waals surface area contributed by atoms with Crippen LogP contribution in [-0.4, -0.2) is 25.6 Å². The first-order valence-corrected chi connectivity index (χ1v) is 10.6. The molecule has 1 N–H and O–H groups in total. The molecule has 8 heteroatoms. The summed E-state index contributed by atoms with van der Waals surface area (Å²) in [5.41, 5.74) is 1.17. The molecule has 2 aromatic rings. The summed E-state index contributed by atoms with van der Waals surface area (Å²) in [5, 5.41) is 3.47. The Kier molecular flexibility index (Phi) is 4.68. The number of nitrogens with zero attached hydrogens (tertiary/aromatic N) is 1. The van der Waals surface area contributed by atoms with Gasteiger partial charge < -0.3 is 0 Å². The van der Waals surface area contributed by atoms with Crippen molar-refractivity contribution in [1.82, 2.24) is 4.98 Å². The highest BCUT2D eigenvalue weighted by atomic mass is 35.5. The fourth-order valence-electron chi connectivity index (χ4n) is 2.67. The van der Waals surface area contributed by atoms with E-state index in [1.165, 1.54) is 34.4 Å². The second kappa shape index (κ2) is 6.46. The first-order valence-electron chi connectivity index (χ1n) is 7.53. The van der Waals surface area contributed by atoms with E-state index < -0.39 is 15.7 Å². The molecule has 128 valence electrons. The minimum Gasteiger partial charge on any atom is -0.298 e. The molecule has 1 atom stereocenters. The van der Waals surface area contributed by atoms with Gasteiger partial charge in [-0.2, -0.15) is 0 Å². The van der Waals surface area contributed by atoms with Crippen LogP contribution in [0.4, 0.5) is 5.13 Å². The van der Waals surface area contributed by atoms with Gasteiger partial charge in [-0.25, -0.2) is 13.4 Å². The molecule has 3 rings (SSSR count). The number of nitrogens with one attached hydrogen (secondary N) is 1. The van der Waals surface area contributed by atoms with Crippen LogP contribution in [0, 0.1) is 5.92 Å². The molecule has 1 aliphatic carbocycles. The number of fused-ring (bicyclic) bond motifs is 1. The average molecular weight is 385 g/mol. The molecule has 0 saturated carbocycles. The Labute approximate surface area is 150 Å². The quantitative estimate of drug-likeness (QED) is 0.877. The predicted molar refractivity (Wildman–Crippen MR) is 95.8 cm³/mol. The first kappa shape index (κ1) is 17.4. The van der Waals surface area contributed by atoms with E-state index in [9.17, 15) is 13.2 Å². The number of anilines is 1. The number of carbonyl (C=O) groups excluding carboxylic acids is 1. The number of hydrogen-bond donors (Lipinski definition) is 1. The van der Waals surface area contributed by atoms with E-state index in [1.54, 1.807) is 0 Å². The topological polar surface area (TPSA) is 76.1 Å². The zero-order valence-electron chi connectivity index (χ0n) is 13.3. The van der Waals surface area contributed by atoms with Crippen molar-refractivity contribution in [3.8, 4) is 0 Å². The summed E-state index contributed by atoms with van der Waals surface area (Å²) in [6, 6.07) is 4.10. The molecule has 1 unspecified atom stereocenters. The summed E-state index contributed by atoms with van der Waals surface area (Å²) in [6.07, 6.45) is 4.10. The van der Waals surface area contributed by atoms with Gasteiger partial charge in [-0.15, -0.1) is 11.3 Å². The maximum Gasteiger partial charge on any atom is 0.259 e. The molecular weight excluding hydrogens is 368 g/mol. The van der Waals surface area contributed by atoms with Crippen LogP contribution in [0.15, 0.2) is 23.1 Å². The summed E-state index contributed by atoms with van der Waals surface area (Å²) in [5.74, 6) is 0.173. The maximum absolute atomic E-state index is 12.5. The minimum absolute atomic E-state index is 0.0595. The van der Waals surface area contributed by atoms with Gasteiger partial charge in [-0.3, -0.25) is 10.1 Å². The number of amides is 1. The molecule has 1 aromatic heterocycles. The molecule has 0 radical (unpaired) electrons. The number of hydrogen-bond acceptors (Lipinski definition) is 5. The Morgan fingerprint density at radius 3 is 2.88 bits per heavy atom. The maximum atomic E-state index is 12.5. The highest BCUT2D eigenvalue weighted by Gasteiger charge is 2.22. The van der Waals surface area contributed by atoms with Crippen LogP contribution in [0.25, 0.3) is 0 Å². The monoisotopic (exact) mass is 384 g/mol. The van der Waals surface area contributed by atoms with Gasteiger partial charge in [0, 0.05) is 11.1 Å². The van der Waals surface area contributed by atoms with Crippen molar-refractivity contribution >= 4 is 43.8 Å². The van der Waals surface area contributed by atoms with Crippen LogP contribution >= 0.6 is 22.9 Å². The summed E-state index contributed by atoms with van der Waals surface area (Å²) >= 11 is 7.53. The highest BCUT2D eigenvalue weighted by Crippen LogP contribution is 2.32. The van der Waals surface area contributed by atoms with Crippen molar-refractivity contribution in [2.75, 3.05) is 11.6 Å². The number of sulfone groups is 1. The van der Waals surface area contributed by atoms with Crippen LogP contribution in [0.5, 0.6) is 0 Å². The lowest BCUT2D eigenvalue weighted by Crippen LogP contribution is -2.13. The van der Waals surface area contributed by atoms with Crippen LogP contribution < -0.4 is 5.32 Å². The lowest BCUT2D eigenvalue weighted by atomic mass is 9.93. The molecule has 0 fully saturated rings. The fourth-order valence-corrected chi connectivity index (χ4v) is 4.68. The second-order valence-electron chi connectivity index (χ2n) is 6.10.